The van der Waals surface area contributed by atoms with Gasteiger partial charge in [0, 0.05) is 26.5 Å². The molecule has 1 saturated heterocycles. The minimum Gasteiger partial charge on any atom is -0.380 e. The Kier molecular flexibility index (Phi) is 7.63. The number of benzene rings is 2. The zero-order valence-electron chi connectivity index (χ0n) is 19.2. The van der Waals surface area contributed by atoms with E-state index in [0.29, 0.717) is 13.2 Å². The maximum Gasteiger partial charge on any atom is 0.226 e. The van der Waals surface area contributed by atoms with Crippen LogP contribution in [0.4, 0.5) is 0 Å². The molecule has 0 aliphatic carbocycles. The summed E-state index contributed by atoms with van der Waals surface area (Å²) in [5, 5.41) is 6.91. The summed E-state index contributed by atoms with van der Waals surface area (Å²) in [5.74, 6) is -0.964. The van der Waals surface area contributed by atoms with Crippen LogP contribution >= 0.6 is 0 Å². The van der Waals surface area contributed by atoms with E-state index in [1.165, 1.54) is 5.19 Å². The Hall–Kier alpha value is -2.77. The molecule has 0 aromatic heterocycles. The van der Waals surface area contributed by atoms with Crippen molar-refractivity contribution in [2.24, 2.45) is 5.92 Å². The number of carbonyl (C=O) groups is 3. The molecule has 2 aromatic carbocycles. The minimum atomic E-state index is -1.41. The number of nitrogens with one attached hydrogen (secondary N) is 2. The maximum absolute atomic E-state index is 13.3. The second-order valence-corrected chi connectivity index (χ2v) is 14.5. The van der Waals surface area contributed by atoms with Crippen LogP contribution in [-0.2, 0) is 32.1 Å². The molecule has 0 saturated carbocycles. The standard InChI is InChI=1S/C25H32N2O4Si/c1-31-16-18-5-9-19(10-6-18)24(27-25(30)20-14-23(29)26-15-20)22(28)13-17-7-11-21(12-8-17)32(2,3)4/h5-12,20,24H,13-16H2,1-4H3,(H,26,29)(H,27,30). The lowest BCUT2D eigenvalue weighted by Gasteiger charge is -2.21. The third-order valence-corrected chi connectivity index (χ3v) is 7.84. The van der Waals surface area contributed by atoms with E-state index in [1.807, 2.05) is 36.4 Å². The first-order chi connectivity index (χ1) is 15.2. The van der Waals surface area contributed by atoms with E-state index in [0.717, 1.165) is 16.7 Å². The van der Waals surface area contributed by atoms with E-state index in [2.05, 4.69) is 42.4 Å². The number of amides is 2. The number of ketones is 1. The van der Waals surface area contributed by atoms with Gasteiger partial charge in [0.1, 0.15) is 6.04 Å². The predicted octanol–water partition coefficient (Wildman–Crippen LogP) is 2.48. The number of ether oxygens (including phenoxy) is 1. The second kappa shape index (κ2) is 10.2. The molecule has 2 atom stereocenters. The molecule has 7 heteroatoms. The van der Waals surface area contributed by atoms with Gasteiger partial charge in [-0.05, 0) is 16.7 Å². The first-order valence-corrected chi connectivity index (χ1v) is 14.4. The molecule has 6 nitrogen and oxygen atoms in total. The molecule has 32 heavy (non-hydrogen) atoms. The van der Waals surface area contributed by atoms with E-state index in [1.54, 1.807) is 7.11 Å². The lowest BCUT2D eigenvalue weighted by atomic mass is 9.95. The fourth-order valence-electron chi connectivity index (χ4n) is 3.80. The van der Waals surface area contributed by atoms with Crippen molar-refractivity contribution in [2.45, 2.75) is 45.1 Å². The lowest BCUT2D eigenvalue weighted by molar-refractivity contribution is -0.130. The summed E-state index contributed by atoms with van der Waals surface area (Å²) in [7, 11) is 0.219. The van der Waals surface area contributed by atoms with Gasteiger partial charge >= 0.3 is 0 Å². The van der Waals surface area contributed by atoms with Crippen molar-refractivity contribution < 1.29 is 19.1 Å². The normalized spacial score (nSPS) is 17.0. The topological polar surface area (TPSA) is 84.5 Å². The molecule has 0 radical (unpaired) electrons. The first kappa shape index (κ1) is 23.9. The van der Waals surface area contributed by atoms with E-state index in [-0.39, 0.29) is 30.4 Å². The molecule has 1 heterocycles. The molecule has 1 fully saturated rings. The molecule has 3 rings (SSSR count). The van der Waals surface area contributed by atoms with Crippen molar-refractivity contribution in [2.75, 3.05) is 13.7 Å². The molecule has 0 spiro atoms. The second-order valence-electron chi connectivity index (χ2n) is 9.41. The molecule has 2 amide bonds. The Bertz CT molecular complexity index is 965. The number of methoxy groups -OCH3 is 1. The largest absolute Gasteiger partial charge is 0.380 e. The highest BCUT2D eigenvalue weighted by atomic mass is 28.3. The summed E-state index contributed by atoms with van der Waals surface area (Å²) in [6.07, 6.45) is 0.371. The Balaban J connectivity index is 1.79. The van der Waals surface area contributed by atoms with Crippen LogP contribution in [-0.4, -0.2) is 39.3 Å². The van der Waals surface area contributed by atoms with Crippen LogP contribution in [0, 0.1) is 5.92 Å². The summed E-state index contributed by atoms with van der Waals surface area (Å²) in [6, 6.07) is 15.0. The molecular weight excluding hydrogens is 420 g/mol. The number of hydrogen-bond donors (Lipinski definition) is 2. The fourth-order valence-corrected chi connectivity index (χ4v) is 4.97. The van der Waals surface area contributed by atoms with Crippen LogP contribution in [0.3, 0.4) is 0 Å². The summed E-state index contributed by atoms with van der Waals surface area (Å²) in [5.41, 5.74) is 2.63. The minimum absolute atomic E-state index is 0.0872. The van der Waals surface area contributed by atoms with Crippen LogP contribution in [0.2, 0.25) is 19.6 Å². The highest BCUT2D eigenvalue weighted by Gasteiger charge is 2.31. The van der Waals surface area contributed by atoms with Crippen molar-refractivity contribution >= 4 is 30.9 Å². The Morgan fingerprint density at radius 2 is 1.69 bits per heavy atom. The molecular formula is C25H32N2O4Si. The Morgan fingerprint density at radius 1 is 1.06 bits per heavy atom. The number of rotatable bonds is 9. The van der Waals surface area contributed by atoms with E-state index in [9.17, 15) is 14.4 Å². The van der Waals surface area contributed by atoms with Gasteiger partial charge in [0.25, 0.3) is 0 Å². The summed E-state index contributed by atoms with van der Waals surface area (Å²) >= 11 is 0. The van der Waals surface area contributed by atoms with Crippen LogP contribution < -0.4 is 15.8 Å². The van der Waals surface area contributed by atoms with Crippen molar-refractivity contribution in [3.63, 3.8) is 0 Å². The molecule has 2 N–H and O–H groups in total. The Labute approximate surface area is 190 Å². The van der Waals surface area contributed by atoms with Crippen LogP contribution in [0.15, 0.2) is 48.5 Å². The summed E-state index contributed by atoms with van der Waals surface area (Å²) in [4.78, 5) is 37.6. The van der Waals surface area contributed by atoms with Gasteiger partial charge in [-0.1, -0.05) is 73.4 Å². The average Bonchev–Trinajstić information content (AvgIpc) is 3.19. The third-order valence-electron chi connectivity index (χ3n) is 5.78. The first-order valence-electron chi connectivity index (χ1n) is 10.9. The van der Waals surface area contributed by atoms with Crippen molar-refractivity contribution in [1.29, 1.82) is 0 Å². The van der Waals surface area contributed by atoms with Crippen LogP contribution in [0.1, 0.15) is 29.2 Å². The van der Waals surface area contributed by atoms with Gasteiger partial charge in [-0.3, -0.25) is 14.4 Å². The summed E-state index contributed by atoms with van der Waals surface area (Å²) < 4.78 is 5.16. The SMILES string of the molecule is COCc1ccc(C(NC(=O)C2CNC(=O)C2)C(=O)Cc2ccc([Si](C)(C)C)cc2)cc1. The van der Waals surface area contributed by atoms with Crippen molar-refractivity contribution in [3.05, 3.63) is 65.2 Å². The summed E-state index contributed by atoms with van der Waals surface area (Å²) in [6.45, 7) is 7.64. The highest BCUT2D eigenvalue weighted by molar-refractivity contribution is 6.88. The monoisotopic (exact) mass is 452 g/mol. The van der Waals surface area contributed by atoms with Crippen molar-refractivity contribution in [1.82, 2.24) is 10.6 Å². The number of Topliss-reactive ketones (excluding diaryl/α,β-unsaturated/α-hetero) is 1. The molecule has 2 aromatic rings. The van der Waals surface area contributed by atoms with Gasteiger partial charge in [0.05, 0.1) is 20.6 Å². The van der Waals surface area contributed by atoms with Gasteiger partial charge in [-0.25, -0.2) is 0 Å². The van der Waals surface area contributed by atoms with Crippen LogP contribution in [0.5, 0.6) is 0 Å². The number of hydrogen-bond acceptors (Lipinski definition) is 4. The van der Waals surface area contributed by atoms with E-state index >= 15 is 0 Å². The lowest BCUT2D eigenvalue weighted by Crippen LogP contribution is -2.39. The molecule has 170 valence electrons. The molecule has 1 aliphatic rings. The van der Waals surface area contributed by atoms with Gasteiger partial charge < -0.3 is 15.4 Å². The zero-order valence-corrected chi connectivity index (χ0v) is 20.2. The molecule has 1 aliphatic heterocycles. The molecule has 0 bridgehead atoms. The highest BCUT2D eigenvalue weighted by Crippen LogP contribution is 2.20. The zero-order chi connectivity index (χ0) is 23.3. The smallest absolute Gasteiger partial charge is 0.226 e. The maximum atomic E-state index is 13.3. The van der Waals surface area contributed by atoms with Gasteiger partial charge in [-0.15, -0.1) is 0 Å². The fraction of sp³-hybridized carbons (Fsp3) is 0.400. The molecule has 2 unspecified atom stereocenters. The number of carbonyl (C=O) groups excluding carboxylic acids is 3. The average molecular weight is 453 g/mol. The van der Waals surface area contributed by atoms with E-state index in [4.69, 9.17) is 4.74 Å². The van der Waals surface area contributed by atoms with Crippen LogP contribution in [0.25, 0.3) is 0 Å². The van der Waals surface area contributed by atoms with Gasteiger partial charge in [0.2, 0.25) is 11.8 Å². The Morgan fingerprint density at radius 3 is 2.22 bits per heavy atom. The van der Waals surface area contributed by atoms with E-state index < -0.39 is 20.0 Å². The predicted molar refractivity (Wildman–Crippen MR) is 127 cm³/mol. The van der Waals surface area contributed by atoms with Gasteiger partial charge in [0.15, 0.2) is 5.78 Å². The third kappa shape index (κ3) is 6.14. The quantitative estimate of drug-likeness (QED) is 0.573. The van der Waals surface area contributed by atoms with Gasteiger partial charge in [-0.2, -0.15) is 0 Å². The van der Waals surface area contributed by atoms with Crippen molar-refractivity contribution in [3.8, 4) is 0 Å².